The van der Waals surface area contributed by atoms with Gasteiger partial charge in [0.2, 0.25) is 0 Å². The van der Waals surface area contributed by atoms with Crippen molar-refractivity contribution in [2.45, 2.75) is 19.4 Å². The molecule has 0 aliphatic carbocycles. The lowest BCUT2D eigenvalue weighted by atomic mass is 10.1. The highest BCUT2D eigenvalue weighted by atomic mass is 79.9. The molecule has 1 unspecified atom stereocenters. The normalized spacial score (nSPS) is 11.7. The molecular formula is C19H22BrNO4. The summed E-state index contributed by atoms with van der Waals surface area (Å²) >= 11 is 3.43. The highest BCUT2D eigenvalue weighted by molar-refractivity contribution is 9.10. The fraction of sp³-hybridized carbons (Fsp3) is 0.316. The van der Waals surface area contributed by atoms with E-state index in [9.17, 15) is 4.79 Å². The van der Waals surface area contributed by atoms with Crippen LogP contribution in [-0.4, -0.2) is 31.3 Å². The molecule has 2 aromatic rings. The van der Waals surface area contributed by atoms with Crippen molar-refractivity contribution < 1.29 is 19.4 Å². The minimum absolute atomic E-state index is 0.0749. The topological polar surface area (TPSA) is 67.8 Å². The van der Waals surface area contributed by atoms with Crippen LogP contribution in [0.1, 0.15) is 35.3 Å². The van der Waals surface area contributed by atoms with E-state index in [4.69, 9.17) is 14.6 Å². The number of methoxy groups -OCH3 is 1. The molecule has 25 heavy (non-hydrogen) atoms. The monoisotopic (exact) mass is 407 g/mol. The Kier molecular flexibility index (Phi) is 7.28. The number of halogens is 1. The standard InChI is InChI=1S/C19H22BrNO4/c1-13(21-19(23)14-5-3-6-16(11-14)24-2)17-8-7-15(20)12-18(17)25-10-4-9-22/h3,5-8,11-13,22H,4,9-10H2,1-2H3,(H,21,23). The van der Waals surface area contributed by atoms with Gasteiger partial charge in [0.1, 0.15) is 11.5 Å². The molecule has 0 bridgehead atoms. The third-order valence-electron chi connectivity index (χ3n) is 3.68. The fourth-order valence-electron chi connectivity index (χ4n) is 2.36. The zero-order valence-corrected chi connectivity index (χ0v) is 15.9. The van der Waals surface area contributed by atoms with Crippen LogP contribution in [0.3, 0.4) is 0 Å². The summed E-state index contributed by atoms with van der Waals surface area (Å²) in [5.41, 5.74) is 1.41. The number of aliphatic hydroxyl groups is 1. The number of hydrogen-bond acceptors (Lipinski definition) is 4. The molecular weight excluding hydrogens is 386 g/mol. The summed E-state index contributed by atoms with van der Waals surface area (Å²) in [6.07, 6.45) is 0.552. The first kappa shape index (κ1) is 19.3. The molecule has 1 atom stereocenters. The van der Waals surface area contributed by atoms with Gasteiger partial charge in [-0.15, -0.1) is 0 Å². The Morgan fingerprint density at radius 2 is 2.08 bits per heavy atom. The van der Waals surface area contributed by atoms with E-state index in [1.54, 1.807) is 31.4 Å². The Labute approximate surface area is 156 Å². The van der Waals surface area contributed by atoms with Crippen molar-refractivity contribution in [2.24, 2.45) is 0 Å². The molecule has 0 aromatic heterocycles. The summed E-state index contributed by atoms with van der Waals surface area (Å²) < 4.78 is 11.8. The van der Waals surface area contributed by atoms with Crippen LogP contribution >= 0.6 is 15.9 Å². The molecule has 0 aliphatic rings. The Bertz CT molecular complexity index is 720. The van der Waals surface area contributed by atoms with Gasteiger partial charge in [-0.3, -0.25) is 4.79 Å². The molecule has 134 valence electrons. The predicted molar refractivity (Wildman–Crippen MR) is 100 cm³/mol. The maximum Gasteiger partial charge on any atom is 0.251 e. The van der Waals surface area contributed by atoms with Gasteiger partial charge in [0.05, 0.1) is 19.8 Å². The molecule has 2 N–H and O–H groups in total. The van der Waals surface area contributed by atoms with Gasteiger partial charge in [-0.05, 0) is 37.3 Å². The van der Waals surface area contributed by atoms with Crippen molar-refractivity contribution in [3.8, 4) is 11.5 Å². The first-order chi connectivity index (χ1) is 12.0. The summed E-state index contributed by atoms with van der Waals surface area (Å²) in [6, 6.07) is 12.4. The van der Waals surface area contributed by atoms with Crippen molar-refractivity contribution in [3.05, 3.63) is 58.1 Å². The largest absolute Gasteiger partial charge is 0.497 e. The Hall–Kier alpha value is -2.05. The first-order valence-corrected chi connectivity index (χ1v) is 8.82. The molecule has 0 saturated heterocycles. The third-order valence-corrected chi connectivity index (χ3v) is 4.17. The van der Waals surface area contributed by atoms with Crippen LogP contribution in [0.25, 0.3) is 0 Å². The lowest BCUT2D eigenvalue weighted by Gasteiger charge is -2.19. The molecule has 0 saturated carbocycles. The van der Waals surface area contributed by atoms with Crippen molar-refractivity contribution >= 4 is 21.8 Å². The number of amides is 1. The molecule has 0 heterocycles. The van der Waals surface area contributed by atoms with Crippen molar-refractivity contribution in [3.63, 3.8) is 0 Å². The summed E-state index contributed by atoms with van der Waals surface area (Å²) in [5, 5.41) is 11.9. The molecule has 6 heteroatoms. The molecule has 2 aromatic carbocycles. The van der Waals surface area contributed by atoms with E-state index in [2.05, 4.69) is 21.2 Å². The summed E-state index contributed by atoms with van der Waals surface area (Å²) in [6.45, 7) is 2.39. The van der Waals surface area contributed by atoms with E-state index in [1.807, 2.05) is 25.1 Å². The highest BCUT2D eigenvalue weighted by Crippen LogP contribution is 2.29. The van der Waals surface area contributed by atoms with E-state index < -0.39 is 0 Å². The SMILES string of the molecule is COc1cccc(C(=O)NC(C)c2ccc(Br)cc2OCCCO)c1. The van der Waals surface area contributed by atoms with Crippen LogP contribution in [-0.2, 0) is 0 Å². The number of carbonyl (C=O) groups is 1. The molecule has 2 rings (SSSR count). The lowest BCUT2D eigenvalue weighted by Crippen LogP contribution is -2.27. The number of ether oxygens (including phenoxy) is 2. The van der Waals surface area contributed by atoms with Gasteiger partial charge in [0.25, 0.3) is 5.91 Å². The van der Waals surface area contributed by atoms with E-state index >= 15 is 0 Å². The summed E-state index contributed by atoms with van der Waals surface area (Å²) in [7, 11) is 1.57. The zero-order valence-electron chi connectivity index (χ0n) is 14.3. The minimum Gasteiger partial charge on any atom is -0.497 e. The van der Waals surface area contributed by atoms with Crippen molar-refractivity contribution in [1.29, 1.82) is 0 Å². The highest BCUT2D eigenvalue weighted by Gasteiger charge is 2.16. The Morgan fingerprint density at radius 1 is 1.28 bits per heavy atom. The van der Waals surface area contributed by atoms with Crippen LogP contribution in [0, 0.1) is 0 Å². The second-order valence-electron chi connectivity index (χ2n) is 5.53. The quantitative estimate of drug-likeness (QED) is 0.654. The van der Waals surface area contributed by atoms with Gasteiger partial charge < -0.3 is 19.9 Å². The van der Waals surface area contributed by atoms with E-state index in [1.165, 1.54) is 0 Å². The summed E-state index contributed by atoms with van der Waals surface area (Å²) in [4.78, 5) is 12.5. The maximum atomic E-state index is 12.5. The van der Waals surface area contributed by atoms with E-state index in [0.29, 0.717) is 30.1 Å². The fourth-order valence-corrected chi connectivity index (χ4v) is 2.70. The lowest BCUT2D eigenvalue weighted by molar-refractivity contribution is 0.0939. The van der Waals surface area contributed by atoms with Crippen molar-refractivity contribution in [2.75, 3.05) is 20.3 Å². The van der Waals surface area contributed by atoms with Crippen LogP contribution in [0.4, 0.5) is 0 Å². The van der Waals surface area contributed by atoms with Gasteiger partial charge in [-0.25, -0.2) is 0 Å². The molecule has 5 nitrogen and oxygen atoms in total. The van der Waals surface area contributed by atoms with Crippen LogP contribution < -0.4 is 14.8 Å². The van der Waals surface area contributed by atoms with Crippen LogP contribution in [0.5, 0.6) is 11.5 Å². The van der Waals surface area contributed by atoms with Gasteiger partial charge in [0, 0.05) is 28.6 Å². The van der Waals surface area contributed by atoms with E-state index in [0.717, 1.165) is 10.0 Å². The zero-order chi connectivity index (χ0) is 18.2. The second-order valence-corrected chi connectivity index (χ2v) is 6.45. The minimum atomic E-state index is -0.240. The smallest absolute Gasteiger partial charge is 0.251 e. The summed E-state index contributed by atoms with van der Waals surface area (Å²) in [5.74, 6) is 1.13. The molecule has 0 spiro atoms. The van der Waals surface area contributed by atoms with Gasteiger partial charge in [0.15, 0.2) is 0 Å². The number of aliphatic hydroxyl groups excluding tert-OH is 1. The molecule has 0 aliphatic heterocycles. The number of carbonyl (C=O) groups excluding carboxylic acids is 1. The van der Waals surface area contributed by atoms with Gasteiger partial charge >= 0.3 is 0 Å². The first-order valence-electron chi connectivity index (χ1n) is 8.03. The van der Waals surface area contributed by atoms with Crippen LogP contribution in [0.2, 0.25) is 0 Å². The maximum absolute atomic E-state index is 12.5. The van der Waals surface area contributed by atoms with Gasteiger partial charge in [-0.1, -0.05) is 28.1 Å². The number of rotatable bonds is 8. The van der Waals surface area contributed by atoms with Crippen molar-refractivity contribution in [1.82, 2.24) is 5.32 Å². The molecule has 1 amide bonds. The molecule has 0 fully saturated rings. The third kappa shape index (κ3) is 5.47. The average molecular weight is 408 g/mol. The van der Waals surface area contributed by atoms with E-state index in [-0.39, 0.29) is 18.6 Å². The average Bonchev–Trinajstić information content (AvgIpc) is 2.62. The predicted octanol–water partition coefficient (Wildman–Crippen LogP) is 3.71. The number of benzene rings is 2. The Balaban J connectivity index is 2.13. The van der Waals surface area contributed by atoms with Gasteiger partial charge in [-0.2, -0.15) is 0 Å². The Morgan fingerprint density at radius 3 is 2.80 bits per heavy atom. The number of nitrogens with one attached hydrogen (secondary N) is 1. The second kappa shape index (κ2) is 9.44. The van der Waals surface area contributed by atoms with Crippen LogP contribution in [0.15, 0.2) is 46.9 Å². The number of hydrogen-bond donors (Lipinski definition) is 2. The molecule has 0 radical (unpaired) electrons.